The molecule has 0 aliphatic heterocycles. The van der Waals surface area contributed by atoms with E-state index in [9.17, 15) is 5.11 Å². The third kappa shape index (κ3) is 2.68. The maximum Gasteiger partial charge on any atom is 0.0705 e. The summed E-state index contributed by atoms with van der Waals surface area (Å²) in [6.45, 7) is 1.66. The molecule has 4 heteroatoms. The number of rotatable bonds is 2. The van der Waals surface area contributed by atoms with Gasteiger partial charge in [0.2, 0.25) is 0 Å². The van der Waals surface area contributed by atoms with Crippen LogP contribution in [0.15, 0.2) is 22.7 Å². The highest BCUT2D eigenvalue weighted by Crippen LogP contribution is 2.26. The van der Waals surface area contributed by atoms with Crippen molar-refractivity contribution in [1.29, 1.82) is 0 Å². The van der Waals surface area contributed by atoms with E-state index >= 15 is 0 Å². The fraction of sp³-hybridized carbons (Fsp3) is 0.333. The first kappa shape index (κ1) is 11.0. The van der Waals surface area contributed by atoms with Crippen molar-refractivity contribution in [2.24, 2.45) is 5.73 Å². The predicted molar refractivity (Wildman–Crippen MR) is 57.8 cm³/mol. The Hall–Kier alpha value is -0.0900. The van der Waals surface area contributed by atoms with Crippen molar-refractivity contribution >= 4 is 27.5 Å². The fourth-order valence-electron chi connectivity index (χ4n) is 1.03. The zero-order valence-corrected chi connectivity index (χ0v) is 9.51. The molecule has 1 rings (SSSR count). The highest BCUT2D eigenvalue weighted by Gasteiger charge is 2.14. The van der Waals surface area contributed by atoms with Gasteiger partial charge in [0, 0.05) is 9.50 Å². The number of nitrogens with two attached hydrogens (primary N) is 1. The molecule has 3 N–H and O–H groups in total. The molecule has 0 fully saturated rings. The summed E-state index contributed by atoms with van der Waals surface area (Å²) in [6.07, 6.45) is -0.572. The third-order valence-electron chi connectivity index (χ3n) is 1.84. The Kier molecular flexibility index (Phi) is 3.74. The van der Waals surface area contributed by atoms with E-state index in [1.54, 1.807) is 19.1 Å². The van der Waals surface area contributed by atoms with Gasteiger partial charge in [0.05, 0.1) is 12.1 Å². The molecular weight excluding hydrogens is 253 g/mol. The smallest absolute Gasteiger partial charge is 0.0705 e. The van der Waals surface area contributed by atoms with Crippen molar-refractivity contribution < 1.29 is 5.11 Å². The molecule has 0 aliphatic rings. The lowest BCUT2D eigenvalue weighted by Crippen LogP contribution is -2.23. The van der Waals surface area contributed by atoms with Gasteiger partial charge in [0.15, 0.2) is 0 Å². The van der Waals surface area contributed by atoms with Gasteiger partial charge in [-0.15, -0.1) is 0 Å². The van der Waals surface area contributed by atoms with E-state index < -0.39 is 6.10 Å². The molecule has 0 saturated heterocycles. The van der Waals surface area contributed by atoms with E-state index in [0.29, 0.717) is 5.02 Å². The van der Waals surface area contributed by atoms with E-state index in [1.807, 2.05) is 6.07 Å². The van der Waals surface area contributed by atoms with Crippen LogP contribution < -0.4 is 5.73 Å². The Bertz CT molecular complexity index is 304. The topological polar surface area (TPSA) is 46.2 Å². The first-order valence-corrected chi connectivity index (χ1v) is 5.08. The van der Waals surface area contributed by atoms with Gasteiger partial charge in [0.1, 0.15) is 0 Å². The molecule has 2 atom stereocenters. The maximum atomic E-state index is 9.29. The van der Waals surface area contributed by atoms with Crippen LogP contribution in [0.4, 0.5) is 0 Å². The minimum atomic E-state index is -0.572. The Morgan fingerprint density at radius 2 is 2.15 bits per heavy atom. The zero-order valence-electron chi connectivity index (χ0n) is 7.17. The molecule has 0 bridgehead atoms. The third-order valence-corrected chi connectivity index (χ3v) is 2.76. The predicted octanol–water partition coefficient (Wildman–Crippen LogP) is 2.48. The summed E-state index contributed by atoms with van der Waals surface area (Å²) in [4.78, 5) is 0. The van der Waals surface area contributed by atoms with Crippen LogP contribution in [0.2, 0.25) is 5.02 Å². The van der Waals surface area contributed by atoms with E-state index in [4.69, 9.17) is 17.3 Å². The van der Waals surface area contributed by atoms with Crippen LogP contribution >= 0.6 is 27.5 Å². The average molecular weight is 265 g/mol. The lowest BCUT2D eigenvalue weighted by atomic mass is 10.0. The van der Waals surface area contributed by atoms with E-state index in [1.165, 1.54) is 0 Å². The quantitative estimate of drug-likeness (QED) is 0.862. The van der Waals surface area contributed by atoms with Crippen LogP contribution in [0.3, 0.4) is 0 Å². The molecule has 0 aliphatic carbocycles. The highest BCUT2D eigenvalue weighted by atomic mass is 79.9. The van der Waals surface area contributed by atoms with Gasteiger partial charge < -0.3 is 10.8 Å². The van der Waals surface area contributed by atoms with E-state index in [2.05, 4.69) is 15.9 Å². The molecule has 1 aromatic rings. The average Bonchev–Trinajstić information content (AvgIpc) is 2.03. The van der Waals surface area contributed by atoms with Crippen LogP contribution in [-0.2, 0) is 0 Å². The van der Waals surface area contributed by atoms with Gasteiger partial charge in [-0.05, 0) is 24.6 Å². The molecule has 13 heavy (non-hydrogen) atoms. The molecule has 2 nitrogen and oxygen atoms in total. The van der Waals surface area contributed by atoms with Crippen molar-refractivity contribution in [2.45, 2.75) is 19.1 Å². The van der Waals surface area contributed by atoms with Gasteiger partial charge in [-0.2, -0.15) is 0 Å². The summed E-state index contributed by atoms with van der Waals surface area (Å²) in [5.41, 5.74) is 6.63. The standard InChI is InChI=1S/C9H11BrClNO/c1-5(13)9(12)7-3-2-6(11)4-8(7)10/h2-5,9,13H,12H2,1H3/t5-,9-/m1/s1. The fourth-order valence-corrected chi connectivity index (χ4v) is 1.98. The maximum absolute atomic E-state index is 9.29. The summed E-state index contributed by atoms with van der Waals surface area (Å²) in [6, 6.07) is 4.94. The Morgan fingerprint density at radius 3 is 2.62 bits per heavy atom. The Morgan fingerprint density at radius 1 is 1.54 bits per heavy atom. The summed E-state index contributed by atoms with van der Waals surface area (Å²) < 4.78 is 0.827. The van der Waals surface area contributed by atoms with Crippen LogP contribution in [0, 0.1) is 0 Å². The molecule has 0 spiro atoms. The number of hydrogen-bond donors (Lipinski definition) is 2. The van der Waals surface area contributed by atoms with Crippen LogP contribution in [0.1, 0.15) is 18.5 Å². The number of benzene rings is 1. The lowest BCUT2D eigenvalue weighted by Gasteiger charge is -2.16. The molecule has 0 amide bonds. The molecule has 72 valence electrons. The summed E-state index contributed by atoms with van der Waals surface area (Å²) >= 11 is 9.11. The second-order valence-corrected chi connectivity index (χ2v) is 4.22. The van der Waals surface area contributed by atoms with E-state index in [0.717, 1.165) is 10.0 Å². The molecule has 0 aromatic heterocycles. The first-order chi connectivity index (χ1) is 6.02. The van der Waals surface area contributed by atoms with Gasteiger partial charge in [0.25, 0.3) is 0 Å². The molecule has 0 unspecified atom stereocenters. The van der Waals surface area contributed by atoms with Crippen molar-refractivity contribution in [3.05, 3.63) is 33.3 Å². The summed E-state index contributed by atoms with van der Waals surface area (Å²) in [5.74, 6) is 0. The van der Waals surface area contributed by atoms with Crippen LogP contribution in [0.5, 0.6) is 0 Å². The SMILES string of the molecule is C[C@@H](O)[C@@H](N)c1ccc(Cl)cc1Br. The minimum Gasteiger partial charge on any atom is -0.391 e. The Labute approximate surface area is 90.8 Å². The molecule has 1 aromatic carbocycles. The number of aliphatic hydroxyl groups excluding tert-OH is 1. The molecular formula is C9H11BrClNO. The summed E-state index contributed by atoms with van der Waals surface area (Å²) in [5, 5.41) is 9.94. The number of halogens is 2. The van der Waals surface area contributed by atoms with Crippen molar-refractivity contribution in [3.8, 4) is 0 Å². The molecule has 0 saturated carbocycles. The van der Waals surface area contributed by atoms with Gasteiger partial charge in [-0.1, -0.05) is 33.6 Å². The normalized spacial score (nSPS) is 15.5. The first-order valence-electron chi connectivity index (χ1n) is 3.91. The van der Waals surface area contributed by atoms with Gasteiger partial charge in [-0.25, -0.2) is 0 Å². The van der Waals surface area contributed by atoms with Crippen molar-refractivity contribution in [1.82, 2.24) is 0 Å². The lowest BCUT2D eigenvalue weighted by molar-refractivity contribution is 0.164. The second-order valence-electron chi connectivity index (χ2n) is 2.93. The molecule has 0 heterocycles. The zero-order chi connectivity index (χ0) is 10.0. The largest absolute Gasteiger partial charge is 0.391 e. The minimum absolute atomic E-state index is 0.383. The van der Waals surface area contributed by atoms with Crippen LogP contribution in [-0.4, -0.2) is 11.2 Å². The highest BCUT2D eigenvalue weighted by molar-refractivity contribution is 9.10. The number of aliphatic hydroxyl groups is 1. The second kappa shape index (κ2) is 4.42. The summed E-state index contributed by atoms with van der Waals surface area (Å²) in [7, 11) is 0. The van der Waals surface area contributed by atoms with E-state index in [-0.39, 0.29) is 6.04 Å². The van der Waals surface area contributed by atoms with Gasteiger partial charge >= 0.3 is 0 Å². The Balaban J connectivity index is 3.01. The monoisotopic (exact) mass is 263 g/mol. The van der Waals surface area contributed by atoms with Gasteiger partial charge in [-0.3, -0.25) is 0 Å². The van der Waals surface area contributed by atoms with Crippen molar-refractivity contribution in [2.75, 3.05) is 0 Å². The van der Waals surface area contributed by atoms with Crippen molar-refractivity contribution in [3.63, 3.8) is 0 Å². The molecule has 0 radical (unpaired) electrons. The number of hydrogen-bond acceptors (Lipinski definition) is 2. The van der Waals surface area contributed by atoms with Crippen LogP contribution in [0.25, 0.3) is 0 Å².